The predicted molar refractivity (Wildman–Crippen MR) is 110 cm³/mol. The Morgan fingerprint density at radius 3 is 1.44 bits per heavy atom. The van der Waals surface area contributed by atoms with E-state index in [0.29, 0.717) is 31.6 Å². The molecule has 3 rings (SSSR count). The molecule has 140 valence electrons. The zero-order valence-corrected chi connectivity index (χ0v) is 16.9. The highest BCUT2D eigenvalue weighted by atomic mass is 35.5. The molecule has 0 atom stereocenters. The van der Waals surface area contributed by atoms with Crippen LogP contribution in [0.5, 0.6) is 17.2 Å². The summed E-state index contributed by atoms with van der Waals surface area (Å²) >= 11 is 23.8. The Morgan fingerprint density at radius 2 is 1.04 bits per heavy atom. The second kappa shape index (κ2) is 8.94. The van der Waals surface area contributed by atoms with Crippen molar-refractivity contribution < 1.29 is 14.6 Å². The summed E-state index contributed by atoms with van der Waals surface area (Å²) in [4.78, 5) is 0. The largest absolute Gasteiger partial charge is 0.508 e. The quantitative estimate of drug-likeness (QED) is 0.439. The smallest absolute Gasteiger partial charge is 0.127 e. The SMILES string of the molecule is Oc1cc(OCc2ccc(Cl)c(Cl)c2)cc(OCc2ccc(Cl)c(Cl)c2)c1. The molecule has 0 spiro atoms. The molecule has 0 saturated carbocycles. The number of phenolic OH excluding ortho intramolecular Hbond substituents is 1. The van der Waals surface area contributed by atoms with Crippen molar-refractivity contribution in [3.05, 3.63) is 85.8 Å². The lowest BCUT2D eigenvalue weighted by molar-refractivity contribution is 0.287. The molecule has 0 aliphatic rings. The first kappa shape index (κ1) is 20.0. The minimum atomic E-state index is 0.0331. The summed E-state index contributed by atoms with van der Waals surface area (Å²) in [6.07, 6.45) is 0. The second-order valence-electron chi connectivity index (χ2n) is 5.74. The second-order valence-corrected chi connectivity index (χ2v) is 7.37. The van der Waals surface area contributed by atoms with Gasteiger partial charge in [-0.05, 0) is 35.4 Å². The molecule has 1 N–H and O–H groups in total. The van der Waals surface area contributed by atoms with Crippen molar-refractivity contribution in [3.63, 3.8) is 0 Å². The number of benzene rings is 3. The van der Waals surface area contributed by atoms with Crippen molar-refractivity contribution in [1.82, 2.24) is 0 Å². The first-order valence-electron chi connectivity index (χ1n) is 7.88. The minimum absolute atomic E-state index is 0.0331. The Balaban J connectivity index is 1.66. The lowest BCUT2D eigenvalue weighted by atomic mass is 10.2. The molecule has 0 radical (unpaired) electrons. The van der Waals surface area contributed by atoms with Gasteiger partial charge in [0.1, 0.15) is 30.5 Å². The van der Waals surface area contributed by atoms with Gasteiger partial charge in [-0.25, -0.2) is 0 Å². The maximum absolute atomic E-state index is 9.91. The summed E-state index contributed by atoms with van der Waals surface area (Å²) in [5.74, 6) is 0.959. The number of phenols is 1. The predicted octanol–water partition coefficient (Wildman–Crippen LogP) is 7.16. The summed E-state index contributed by atoms with van der Waals surface area (Å²) in [6, 6.07) is 15.2. The molecule has 0 saturated heterocycles. The van der Waals surface area contributed by atoms with E-state index in [0.717, 1.165) is 11.1 Å². The molecule has 0 aliphatic heterocycles. The van der Waals surface area contributed by atoms with E-state index >= 15 is 0 Å². The number of hydrogen-bond donors (Lipinski definition) is 1. The van der Waals surface area contributed by atoms with Crippen LogP contribution >= 0.6 is 46.4 Å². The molecule has 0 unspecified atom stereocenters. The van der Waals surface area contributed by atoms with Crippen LogP contribution in [0.3, 0.4) is 0 Å². The van der Waals surface area contributed by atoms with Gasteiger partial charge in [0.25, 0.3) is 0 Å². The van der Waals surface area contributed by atoms with Gasteiger partial charge in [0.15, 0.2) is 0 Å². The van der Waals surface area contributed by atoms with E-state index in [1.165, 1.54) is 12.1 Å². The molecule has 3 nitrogen and oxygen atoms in total. The Bertz CT molecular complexity index is 886. The molecule has 0 fully saturated rings. The van der Waals surface area contributed by atoms with E-state index in [2.05, 4.69) is 0 Å². The van der Waals surface area contributed by atoms with Gasteiger partial charge >= 0.3 is 0 Å². The minimum Gasteiger partial charge on any atom is -0.508 e. The van der Waals surface area contributed by atoms with E-state index in [1.807, 2.05) is 12.1 Å². The van der Waals surface area contributed by atoms with Gasteiger partial charge in [-0.1, -0.05) is 58.5 Å². The monoisotopic (exact) mass is 442 g/mol. The van der Waals surface area contributed by atoms with E-state index in [4.69, 9.17) is 55.9 Å². The van der Waals surface area contributed by atoms with E-state index < -0.39 is 0 Å². The number of aromatic hydroxyl groups is 1. The van der Waals surface area contributed by atoms with Crippen molar-refractivity contribution in [1.29, 1.82) is 0 Å². The fourth-order valence-corrected chi connectivity index (χ4v) is 2.96. The van der Waals surface area contributed by atoms with Crippen LogP contribution in [0.4, 0.5) is 0 Å². The number of ether oxygens (including phenoxy) is 2. The van der Waals surface area contributed by atoms with E-state index in [-0.39, 0.29) is 19.0 Å². The molecule has 0 heterocycles. The average molecular weight is 444 g/mol. The molecular formula is C20H14Cl4O3. The molecule has 3 aromatic rings. The Morgan fingerprint density at radius 1 is 0.593 bits per heavy atom. The Labute approximate surface area is 177 Å². The van der Waals surface area contributed by atoms with E-state index in [1.54, 1.807) is 30.3 Å². The van der Waals surface area contributed by atoms with Crippen molar-refractivity contribution >= 4 is 46.4 Å². The van der Waals surface area contributed by atoms with Crippen molar-refractivity contribution in [3.8, 4) is 17.2 Å². The fourth-order valence-electron chi connectivity index (χ4n) is 2.32. The molecule has 0 bridgehead atoms. The van der Waals surface area contributed by atoms with Gasteiger partial charge in [0.05, 0.1) is 20.1 Å². The lowest BCUT2D eigenvalue weighted by Gasteiger charge is -2.11. The van der Waals surface area contributed by atoms with Gasteiger partial charge < -0.3 is 14.6 Å². The van der Waals surface area contributed by atoms with Crippen molar-refractivity contribution in [2.75, 3.05) is 0 Å². The van der Waals surface area contributed by atoms with Crippen LogP contribution in [-0.4, -0.2) is 5.11 Å². The summed E-state index contributed by atoms with van der Waals surface area (Å²) in [5.41, 5.74) is 1.71. The first-order chi connectivity index (χ1) is 12.9. The van der Waals surface area contributed by atoms with Gasteiger partial charge in [0.2, 0.25) is 0 Å². The summed E-state index contributed by atoms with van der Waals surface area (Å²) in [5, 5.41) is 11.8. The zero-order chi connectivity index (χ0) is 19.4. The zero-order valence-electron chi connectivity index (χ0n) is 13.9. The van der Waals surface area contributed by atoms with Crippen LogP contribution < -0.4 is 9.47 Å². The molecular weight excluding hydrogens is 430 g/mol. The standard InChI is InChI=1S/C20H14Cl4O3/c21-17-3-1-12(5-19(17)23)10-26-15-7-14(25)8-16(9-15)27-11-13-2-4-18(22)20(24)6-13/h1-9,25H,10-11H2. The highest BCUT2D eigenvalue weighted by Gasteiger charge is 2.06. The van der Waals surface area contributed by atoms with Crippen LogP contribution in [0.15, 0.2) is 54.6 Å². The topological polar surface area (TPSA) is 38.7 Å². The van der Waals surface area contributed by atoms with Crippen LogP contribution in [-0.2, 0) is 13.2 Å². The maximum atomic E-state index is 9.91. The fraction of sp³-hybridized carbons (Fsp3) is 0.100. The third kappa shape index (κ3) is 5.60. The van der Waals surface area contributed by atoms with Crippen LogP contribution in [0.1, 0.15) is 11.1 Å². The number of halogens is 4. The van der Waals surface area contributed by atoms with Crippen LogP contribution in [0, 0.1) is 0 Å². The summed E-state index contributed by atoms with van der Waals surface area (Å²) in [6.45, 7) is 0.541. The third-order valence-corrected chi connectivity index (χ3v) is 5.12. The Hall–Kier alpha value is -1.78. The van der Waals surface area contributed by atoms with Crippen LogP contribution in [0.2, 0.25) is 20.1 Å². The van der Waals surface area contributed by atoms with E-state index in [9.17, 15) is 5.11 Å². The summed E-state index contributed by atoms with van der Waals surface area (Å²) in [7, 11) is 0. The summed E-state index contributed by atoms with van der Waals surface area (Å²) < 4.78 is 11.4. The molecule has 0 aliphatic carbocycles. The van der Waals surface area contributed by atoms with Crippen LogP contribution in [0.25, 0.3) is 0 Å². The maximum Gasteiger partial charge on any atom is 0.127 e. The van der Waals surface area contributed by atoms with Gasteiger partial charge in [0, 0.05) is 18.2 Å². The molecule has 27 heavy (non-hydrogen) atoms. The van der Waals surface area contributed by atoms with Gasteiger partial charge in [-0.3, -0.25) is 0 Å². The molecule has 3 aromatic carbocycles. The number of rotatable bonds is 6. The first-order valence-corrected chi connectivity index (χ1v) is 9.39. The lowest BCUT2D eigenvalue weighted by Crippen LogP contribution is -1.98. The van der Waals surface area contributed by atoms with Gasteiger partial charge in [-0.2, -0.15) is 0 Å². The highest BCUT2D eigenvalue weighted by Crippen LogP contribution is 2.29. The normalized spacial score (nSPS) is 10.7. The molecule has 0 amide bonds. The third-order valence-electron chi connectivity index (χ3n) is 3.64. The van der Waals surface area contributed by atoms with Crippen molar-refractivity contribution in [2.45, 2.75) is 13.2 Å². The average Bonchev–Trinajstić information content (AvgIpc) is 2.63. The van der Waals surface area contributed by atoms with Gasteiger partial charge in [-0.15, -0.1) is 0 Å². The molecule has 7 heteroatoms. The Kier molecular flexibility index (Phi) is 6.61. The number of hydrogen-bond acceptors (Lipinski definition) is 3. The molecule has 0 aromatic heterocycles. The van der Waals surface area contributed by atoms with Crippen molar-refractivity contribution in [2.24, 2.45) is 0 Å². The highest BCUT2D eigenvalue weighted by molar-refractivity contribution is 6.42.